The molecular formula is C15H11FN4O2S2. The Labute approximate surface area is 144 Å². The lowest BCUT2D eigenvalue weighted by atomic mass is 10.2. The Morgan fingerprint density at radius 1 is 1.17 bits per heavy atom. The van der Waals surface area contributed by atoms with Gasteiger partial charge in [-0.05, 0) is 17.7 Å². The second kappa shape index (κ2) is 7.37. The number of benzene rings is 2. The monoisotopic (exact) mass is 362 g/mol. The Morgan fingerprint density at radius 3 is 2.62 bits per heavy atom. The summed E-state index contributed by atoms with van der Waals surface area (Å²) in [6, 6.07) is 12.7. The van der Waals surface area contributed by atoms with Crippen LogP contribution in [-0.2, 0) is 5.75 Å². The van der Waals surface area contributed by atoms with Gasteiger partial charge in [0.2, 0.25) is 5.13 Å². The molecule has 0 spiro atoms. The summed E-state index contributed by atoms with van der Waals surface area (Å²) in [4.78, 5) is 10.2. The van der Waals surface area contributed by atoms with Gasteiger partial charge in [0, 0.05) is 17.9 Å². The molecule has 1 aromatic heterocycles. The van der Waals surface area contributed by atoms with Crippen LogP contribution in [0.1, 0.15) is 5.56 Å². The largest absolute Gasteiger partial charge is 0.328 e. The van der Waals surface area contributed by atoms with E-state index in [0.717, 1.165) is 9.90 Å². The number of hydrogen-bond acceptors (Lipinski definition) is 7. The predicted molar refractivity (Wildman–Crippen MR) is 92.2 cm³/mol. The molecule has 0 bridgehead atoms. The Bertz CT molecular complexity index is 855. The first-order chi connectivity index (χ1) is 11.6. The third-order valence-corrected chi connectivity index (χ3v) is 5.07. The van der Waals surface area contributed by atoms with Crippen LogP contribution in [0.5, 0.6) is 0 Å². The third-order valence-electron chi connectivity index (χ3n) is 3.03. The van der Waals surface area contributed by atoms with Gasteiger partial charge in [-0.15, -0.1) is 10.2 Å². The summed E-state index contributed by atoms with van der Waals surface area (Å²) in [5, 5.41) is 22.0. The number of non-ortho nitro benzene ring substituents is 1. The lowest BCUT2D eigenvalue weighted by molar-refractivity contribution is -0.384. The van der Waals surface area contributed by atoms with Crippen molar-refractivity contribution in [3.63, 3.8) is 0 Å². The fourth-order valence-corrected chi connectivity index (χ4v) is 3.58. The van der Waals surface area contributed by atoms with Gasteiger partial charge < -0.3 is 5.32 Å². The Balaban J connectivity index is 1.60. The van der Waals surface area contributed by atoms with Gasteiger partial charge in [-0.2, -0.15) is 0 Å². The van der Waals surface area contributed by atoms with Crippen LogP contribution in [0, 0.1) is 15.9 Å². The molecule has 0 amide bonds. The van der Waals surface area contributed by atoms with Crippen molar-refractivity contribution in [1.82, 2.24) is 10.2 Å². The summed E-state index contributed by atoms with van der Waals surface area (Å²) < 4.78 is 14.3. The number of nitrogens with one attached hydrogen (secondary N) is 1. The van der Waals surface area contributed by atoms with E-state index in [1.165, 1.54) is 41.3 Å². The van der Waals surface area contributed by atoms with Gasteiger partial charge in [0.15, 0.2) is 4.34 Å². The summed E-state index contributed by atoms with van der Waals surface area (Å²) in [5.74, 6) is 0.263. The van der Waals surface area contributed by atoms with Crippen molar-refractivity contribution in [3.8, 4) is 0 Å². The molecule has 6 nitrogen and oxygen atoms in total. The fourth-order valence-electron chi connectivity index (χ4n) is 1.86. The average Bonchev–Trinajstić information content (AvgIpc) is 3.03. The van der Waals surface area contributed by atoms with E-state index in [1.54, 1.807) is 30.3 Å². The molecule has 3 aromatic rings. The molecule has 0 atom stereocenters. The van der Waals surface area contributed by atoms with Crippen molar-refractivity contribution in [2.45, 2.75) is 10.1 Å². The van der Waals surface area contributed by atoms with Crippen LogP contribution in [0.25, 0.3) is 0 Å². The molecule has 1 heterocycles. The van der Waals surface area contributed by atoms with E-state index in [-0.39, 0.29) is 11.5 Å². The van der Waals surface area contributed by atoms with Crippen LogP contribution in [0.2, 0.25) is 0 Å². The molecule has 0 radical (unpaired) electrons. The second-order valence-electron chi connectivity index (χ2n) is 4.69. The highest BCUT2D eigenvalue weighted by molar-refractivity contribution is 8.00. The van der Waals surface area contributed by atoms with Crippen LogP contribution < -0.4 is 5.32 Å². The molecule has 3 rings (SSSR count). The Kier molecular flexibility index (Phi) is 5.02. The number of aromatic nitrogens is 2. The average molecular weight is 362 g/mol. The van der Waals surface area contributed by atoms with Crippen molar-refractivity contribution in [2.75, 3.05) is 5.32 Å². The number of halogens is 1. The zero-order valence-corrected chi connectivity index (χ0v) is 13.8. The van der Waals surface area contributed by atoms with Gasteiger partial charge in [-0.25, -0.2) is 4.39 Å². The van der Waals surface area contributed by atoms with Crippen molar-refractivity contribution in [2.24, 2.45) is 0 Å². The quantitative estimate of drug-likeness (QED) is 0.391. The van der Waals surface area contributed by atoms with Crippen molar-refractivity contribution < 1.29 is 9.31 Å². The minimum atomic E-state index is -0.428. The number of thioether (sulfide) groups is 1. The number of para-hydroxylation sites is 1. The van der Waals surface area contributed by atoms with E-state index >= 15 is 0 Å². The maximum atomic E-state index is 13.6. The second-order valence-corrected chi connectivity index (χ2v) is 6.89. The van der Waals surface area contributed by atoms with Gasteiger partial charge in [-0.3, -0.25) is 10.1 Å². The standard InChI is InChI=1S/C15H11FN4O2S2/c16-12-3-1-2-4-13(12)17-14-18-19-15(24-14)23-9-10-5-7-11(8-6-10)20(21)22/h1-8H,9H2,(H,17,18). The van der Waals surface area contributed by atoms with Crippen LogP contribution >= 0.6 is 23.1 Å². The zero-order valence-electron chi connectivity index (χ0n) is 12.2. The molecule has 2 aromatic carbocycles. The number of nitro benzene ring substituents is 1. The highest BCUT2D eigenvalue weighted by Gasteiger charge is 2.09. The fraction of sp³-hybridized carbons (Fsp3) is 0.0667. The molecule has 24 heavy (non-hydrogen) atoms. The topological polar surface area (TPSA) is 81.0 Å². The van der Waals surface area contributed by atoms with Crippen molar-refractivity contribution in [3.05, 3.63) is 70.0 Å². The van der Waals surface area contributed by atoms with Gasteiger partial charge in [0.05, 0.1) is 10.6 Å². The van der Waals surface area contributed by atoms with Crippen molar-refractivity contribution >= 4 is 39.6 Å². The Hall–Kier alpha value is -2.52. The number of nitrogens with zero attached hydrogens (tertiary/aromatic N) is 3. The molecule has 0 aliphatic rings. The summed E-state index contributed by atoms with van der Waals surface area (Å²) >= 11 is 2.78. The molecule has 0 fully saturated rings. The lowest BCUT2D eigenvalue weighted by Crippen LogP contribution is -1.92. The summed E-state index contributed by atoms with van der Waals surface area (Å²) in [6.45, 7) is 0. The molecular weight excluding hydrogens is 351 g/mol. The van der Waals surface area contributed by atoms with Gasteiger partial charge in [0.25, 0.3) is 5.69 Å². The van der Waals surface area contributed by atoms with E-state index in [2.05, 4.69) is 15.5 Å². The molecule has 0 aliphatic carbocycles. The minimum absolute atomic E-state index is 0.0658. The molecule has 9 heteroatoms. The van der Waals surface area contributed by atoms with Crippen LogP contribution in [0.4, 0.5) is 20.9 Å². The molecule has 0 aliphatic heterocycles. The first-order valence-electron chi connectivity index (χ1n) is 6.83. The van der Waals surface area contributed by atoms with Crippen LogP contribution in [-0.4, -0.2) is 15.1 Å². The maximum absolute atomic E-state index is 13.6. The van der Waals surface area contributed by atoms with Crippen LogP contribution in [0.3, 0.4) is 0 Å². The zero-order chi connectivity index (χ0) is 16.9. The summed E-state index contributed by atoms with van der Waals surface area (Å²) in [6.07, 6.45) is 0. The maximum Gasteiger partial charge on any atom is 0.269 e. The lowest BCUT2D eigenvalue weighted by Gasteiger charge is -2.01. The normalized spacial score (nSPS) is 10.5. The first kappa shape index (κ1) is 16.3. The highest BCUT2D eigenvalue weighted by atomic mass is 32.2. The molecule has 1 N–H and O–H groups in total. The van der Waals surface area contributed by atoms with E-state index in [9.17, 15) is 14.5 Å². The van der Waals surface area contributed by atoms with Gasteiger partial charge >= 0.3 is 0 Å². The molecule has 0 unspecified atom stereocenters. The summed E-state index contributed by atoms with van der Waals surface area (Å²) in [5.41, 5.74) is 1.36. The van der Waals surface area contributed by atoms with E-state index in [1.807, 2.05) is 0 Å². The number of anilines is 2. The highest BCUT2D eigenvalue weighted by Crippen LogP contribution is 2.30. The molecule has 0 saturated heterocycles. The number of rotatable bonds is 6. The smallest absolute Gasteiger partial charge is 0.269 e. The molecule has 0 saturated carbocycles. The van der Waals surface area contributed by atoms with E-state index in [4.69, 9.17) is 0 Å². The minimum Gasteiger partial charge on any atom is -0.328 e. The van der Waals surface area contributed by atoms with E-state index < -0.39 is 4.92 Å². The molecule has 122 valence electrons. The van der Waals surface area contributed by atoms with Gasteiger partial charge in [0.1, 0.15) is 5.82 Å². The number of nitro groups is 1. The third kappa shape index (κ3) is 4.06. The predicted octanol–water partition coefficient (Wildman–Crippen LogP) is 4.62. The number of hydrogen-bond donors (Lipinski definition) is 1. The van der Waals surface area contributed by atoms with E-state index in [0.29, 0.717) is 16.6 Å². The first-order valence-corrected chi connectivity index (χ1v) is 8.63. The van der Waals surface area contributed by atoms with Crippen molar-refractivity contribution in [1.29, 1.82) is 0 Å². The Morgan fingerprint density at radius 2 is 1.92 bits per heavy atom. The van der Waals surface area contributed by atoms with Crippen LogP contribution in [0.15, 0.2) is 52.9 Å². The summed E-state index contributed by atoms with van der Waals surface area (Å²) in [7, 11) is 0. The SMILES string of the molecule is O=[N+]([O-])c1ccc(CSc2nnc(Nc3ccccc3F)s2)cc1. The van der Waals surface area contributed by atoms with Gasteiger partial charge in [-0.1, -0.05) is 47.4 Å².